The second kappa shape index (κ2) is 7.46. The summed E-state index contributed by atoms with van der Waals surface area (Å²) in [5.74, 6) is -1.47. The van der Waals surface area contributed by atoms with Gasteiger partial charge in [0.1, 0.15) is 0 Å². The molecule has 8 heteroatoms. The number of anilines is 1. The molecule has 1 aromatic carbocycles. The van der Waals surface area contributed by atoms with Crippen molar-refractivity contribution in [1.29, 1.82) is 0 Å². The van der Waals surface area contributed by atoms with Crippen LogP contribution < -0.4 is 10.6 Å². The van der Waals surface area contributed by atoms with Crippen LogP contribution in [0.3, 0.4) is 0 Å². The summed E-state index contributed by atoms with van der Waals surface area (Å²) in [4.78, 5) is 35.0. The Bertz CT molecular complexity index is 727. The summed E-state index contributed by atoms with van der Waals surface area (Å²) in [6, 6.07) is 7.37. The first-order chi connectivity index (χ1) is 11.0. The number of rotatable bonds is 5. The maximum absolute atomic E-state index is 11.9. The lowest BCUT2D eigenvalue weighted by atomic mass is 10.2. The Labute approximate surface area is 136 Å². The molecule has 0 aliphatic rings. The van der Waals surface area contributed by atoms with Gasteiger partial charge in [0, 0.05) is 0 Å². The van der Waals surface area contributed by atoms with E-state index in [0.29, 0.717) is 0 Å². The van der Waals surface area contributed by atoms with Gasteiger partial charge in [0.2, 0.25) is 5.91 Å². The van der Waals surface area contributed by atoms with Crippen molar-refractivity contribution in [2.75, 3.05) is 19.0 Å². The van der Waals surface area contributed by atoms with Crippen LogP contribution in [0.2, 0.25) is 5.02 Å². The predicted octanol–water partition coefficient (Wildman–Crippen LogP) is 2.09. The largest absolute Gasteiger partial charge is 0.465 e. The minimum absolute atomic E-state index is 0.100. The highest BCUT2D eigenvalue weighted by Gasteiger charge is 2.13. The molecule has 0 fully saturated rings. The third-order valence-corrected chi connectivity index (χ3v) is 3.15. The first-order valence-electron chi connectivity index (χ1n) is 6.50. The number of amides is 2. The van der Waals surface area contributed by atoms with Gasteiger partial charge in [0.25, 0.3) is 5.91 Å². The molecule has 23 heavy (non-hydrogen) atoms. The van der Waals surface area contributed by atoms with Gasteiger partial charge >= 0.3 is 5.97 Å². The summed E-state index contributed by atoms with van der Waals surface area (Å²) in [7, 11) is 1.25. The second-order valence-corrected chi connectivity index (χ2v) is 4.80. The van der Waals surface area contributed by atoms with E-state index in [1.165, 1.54) is 37.6 Å². The van der Waals surface area contributed by atoms with Gasteiger partial charge in [-0.05, 0) is 30.3 Å². The van der Waals surface area contributed by atoms with Crippen LogP contribution >= 0.6 is 11.6 Å². The average molecular weight is 337 g/mol. The molecule has 120 valence electrons. The first kappa shape index (κ1) is 16.6. The van der Waals surface area contributed by atoms with Gasteiger partial charge in [0.05, 0.1) is 36.2 Å². The van der Waals surface area contributed by atoms with Gasteiger partial charge in [-0.3, -0.25) is 9.59 Å². The lowest BCUT2D eigenvalue weighted by Crippen LogP contribution is -2.32. The minimum Gasteiger partial charge on any atom is -0.465 e. The van der Waals surface area contributed by atoms with Crippen LogP contribution in [0.4, 0.5) is 5.69 Å². The summed E-state index contributed by atoms with van der Waals surface area (Å²) in [6.45, 7) is -0.279. The molecule has 0 spiro atoms. The maximum atomic E-state index is 11.9. The molecule has 0 saturated carbocycles. The number of esters is 1. The molecule has 7 nitrogen and oxygen atoms in total. The number of furan rings is 1. The molecule has 0 aliphatic carbocycles. The highest BCUT2D eigenvalue weighted by molar-refractivity contribution is 6.33. The Morgan fingerprint density at radius 2 is 2.04 bits per heavy atom. The quantitative estimate of drug-likeness (QED) is 0.815. The molecule has 0 atom stereocenters. The lowest BCUT2D eigenvalue weighted by molar-refractivity contribution is -0.115. The van der Waals surface area contributed by atoms with E-state index in [0.717, 1.165) is 0 Å². The normalized spacial score (nSPS) is 10.0. The average Bonchev–Trinajstić information content (AvgIpc) is 3.08. The molecule has 1 heterocycles. The fourth-order valence-corrected chi connectivity index (χ4v) is 1.88. The van der Waals surface area contributed by atoms with Crippen LogP contribution in [-0.4, -0.2) is 31.4 Å². The summed E-state index contributed by atoms with van der Waals surface area (Å²) < 4.78 is 9.50. The monoisotopic (exact) mass is 336 g/mol. The Morgan fingerprint density at radius 3 is 2.70 bits per heavy atom. The Hall–Kier alpha value is -2.80. The molecule has 0 aliphatic heterocycles. The number of nitrogens with one attached hydrogen (secondary N) is 2. The number of halogens is 1. The van der Waals surface area contributed by atoms with Crippen LogP contribution in [-0.2, 0) is 9.53 Å². The number of benzene rings is 1. The van der Waals surface area contributed by atoms with Crippen molar-refractivity contribution >= 4 is 35.1 Å². The van der Waals surface area contributed by atoms with Gasteiger partial charge in [-0.2, -0.15) is 0 Å². The topological polar surface area (TPSA) is 97.6 Å². The molecular weight excluding hydrogens is 324 g/mol. The molecular formula is C15H13ClN2O5. The summed E-state index contributed by atoms with van der Waals surface area (Å²) in [5.41, 5.74) is 0.485. The lowest BCUT2D eigenvalue weighted by Gasteiger charge is -2.09. The molecule has 0 bridgehead atoms. The fourth-order valence-electron chi connectivity index (χ4n) is 1.72. The van der Waals surface area contributed by atoms with Gasteiger partial charge in [-0.15, -0.1) is 0 Å². The number of methoxy groups -OCH3 is 1. The highest BCUT2D eigenvalue weighted by atomic mass is 35.5. The van der Waals surface area contributed by atoms with E-state index in [9.17, 15) is 14.4 Å². The Balaban J connectivity index is 1.97. The highest BCUT2D eigenvalue weighted by Crippen LogP contribution is 2.23. The number of hydrogen-bond donors (Lipinski definition) is 2. The minimum atomic E-state index is -0.553. The van der Waals surface area contributed by atoms with Crippen molar-refractivity contribution in [3.63, 3.8) is 0 Å². The maximum Gasteiger partial charge on any atom is 0.337 e. The second-order valence-electron chi connectivity index (χ2n) is 4.39. The number of ether oxygens (including phenoxy) is 1. The van der Waals surface area contributed by atoms with Gasteiger partial charge in [-0.25, -0.2) is 4.79 Å². The number of hydrogen-bond acceptors (Lipinski definition) is 5. The van der Waals surface area contributed by atoms with Crippen LogP contribution in [0.1, 0.15) is 20.9 Å². The Kier molecular flexibility index (Phi) is 5.37. The SMILES string of the molecule is COC(=O)c1ccc(Cl)c(NC(=O)CNC(=O)c2ccco2)c1. The Morgan fingerprint density at radius 1 is 1.26 bits per heavy atom. The standard InChI is InChI=1S/C15H13ClN2O5/c1-22-15(21)9-4-5-10(16)11(7-9)18-13(19)8-17-14(20)12-3-2-6-23-12/h2-7H,8H2,1H3,(H,17,20)(H,18,19). The van der Waals surface area contributed by atoms with E-state index in [1.54, 1.807) is 6.07 Å². The smallest absolute Gasteiger partial charge is 0.337 e. The summed E-state index contributed by atoms with van der Waals surface area (Å²) in [6.07, 6.45) is 1.35. The summed E-state index contributed by atoms with van der Waals surface area (Å²) >= 11 is 5.96. The van der Waals surface area contributed by atoms with E-state index < -0.39 is 17.8 Å². The van der Waals surface area contributed by atoms with E-state index in [-0.39, 0.29) is 28.6 Å². The zero-order chi connectivity index (χ0) is 16.8. The zero-order valence-corrected chi connectivity index (χ0v) is 12.8. The zero-order valence-electron chi connectivity index (χ0n) is 12.1. The van der Waals surface area contributed by atoms with Gasteiger partial charge < -0.3 is 19.8 Å². The van der Waals surface area contributed by atoms with Crippen molar-refractivity contribution < 1.29 is 23.5 Å². The van der Waals surface area contributed by atoms with Crippen molar-refractivity contribution in [2.24, 2.45) is 0 Å². The van der Waals surface area contributed by atoms with Crippen LogP contribution in [0, 0.1) is 0 Å². The van der Waals surface area contributed by atoms with E-state index in [4.69, 9.17) is 16.0 Å². The fraction of sp³-hybridized carbons (Fsp3) is 0.133. The molecule has 0 saturated heterocycles. The number of carbonyl (C=O) groups is 3. The van der Waals surface area contributed by atoms with Crippen molar-refractivity contribution in [3.8, 4) is 0 Å². The third kappa shape index (κ3) is 4.33. The van der Waals surface area contributed by atoms with Crippen LogP contribution in [0.25, 0.3) is 0 Å². The van der Waals surface area contributed by atoms with E-state index in [1.807, 2.05) is 0 Å². The molecule has 2 amide bonds. The van der Waals surface area contributed by atoms with E-state index in [2.05, 4.69) is 15.4 Å². The molecule has 1 aromatic heterocycles. The van der Waals surface area contributed by atoms with Crippen LogP contribution in [0.5, 0.6) is 0 Å². The molecule has 2 rings (SSSR count). The summed E-state index contributed by atoms with van der Waals surface area (Å²) in [5, 5.41) is 5.15. The number of carbonyl (C=O) groups excluding carboxylic acids is 3. The third-order valence-electron chi connectivity index (χ3n) is 2.82. The van der Waals surface area contributed by atoms with Crippen molar-refractivity contribution in [2.45, 2.75) is 0 Å². The van der Waals surface area contributed by atoms with Gasteiger partial charge in [-0.1, -0.05) is 11.6 Å². The molecule has 2 aromatic rings. The van der Waals surface area contributed by atoms with Crippen molar-refractivity contribution in [1.82, 2.24) is 5.32 Å². The van der Waals surface area contributed by atoms with Crippen LogP contribution in [0.15, 0.2) is 41.0 Å². The van der Waals surface area contributed by atoms with E-state index >= 15 is 0 Å². The predicted molar refractivity (Wildman–Crippen MR) is 82.5 cm³/mol. The molecule has 0 radical (unpaired) electrons. The molecule has 2 N–H and O–H groups in total. The van der Waals surface area contributed by atoms with Gasteiger partial charge in [0.15, 0.2) is 5.76 Å². The molecule has 0 unspecified atom stereocenters. The first-order valence-corrected chi connectivity index (χ1v) is 6.88. The van der Waals surface area contributed by atoms with Crippen molar-refractivity contribution in [3.05, 3.63) is 52.9 Å².